The first kappa shape index (κ1) is 11.3. The van der Waals surface area contributed by atoms with Gasteiger partial charge in [0.2, 0.25) is 0 Å². The van der Waals surface area contributed by atoms with Crippen molar-refractivity contribution in [3.05, 3.63) is 10.1 Å². The van der Waals surface area contributed by atoms with E-state index in [1.54, 1.807) is 0 Å². The van der Waals surface area contributed by atoms with Crippen LogP contribution < -0.4 is 0 Å². The summed E-state index contributed by atoms with van der Waals surface area (Å²) in [5.74, 6) is -7.00. The lowest BCUT2D eigenvalue weighted by atomic mass is 9.53. The highest BCUT2D eigenvalue weighted by Crippen LogP contribution is 2.67. The Morgan fingerprint density at radius 1 is 1.24 bits per heavy atom. The molecule has 0 heterocycles. The van der Waals surface area contributed by atoms with E-state index in [9.17, 15) is 30.5 Å². The summed E-state index contributed by atoms with van der Waals surface area (Å²) in [5, 5.41) is 49.5. The van der Waals surface area contributed by atoms with Crippen LogP contribution in [0.3, 0.4) is 0 Å². The first-order valence-electron chi connectivity index (χ1n) is 5.79. The zero-order valence-electron chi connectivity index (χ0n) is 9.06. The van der Waals surface area contributed by atoms with E-state index in [4.69, 9.17) is 0 Å². The van der Waals surface area contributed by atoms with Crippen LogP contribution in [0.1, 0.15) is 19.3 Å². The van der Waals surface area contributed by atoms with Crippen molar-refractivity contribution in [1.29, 1.82) is 0 Å². The normalized spacial score (nSPS) is 46.5. The molecule has 0 spiro atoms. The zero-order chi connectivity index (χ0) is 12.6. The van der Waals surface area contributed by atoms with E-state index in [2.05, 4.69) is 0 Å². The van der Waals surface area contributed by atoms with Gasteiger partial charge in [-0.3, -0.25) is 10.1 Å². The third-order valence-electron chi connectivity index (χ3n) is 4.91. The van der Waals surface area contributed by atoms with Crippen molar-refractivity contribution >= 4 is 0 Å². The summed E-state index contributed by atoms with van der Waals surface area (Å²) in [6.07, 6.45) is 1.60. The van der Waals surface area contributed by atoms with Crippen LogP contribution in [0.15, 0.2) is 0 Å². The van der Waals surface area contributed by atoms with Gasteiger partial charge in [-0.15, -0.1) is 0 Å². The molecule has 0 radical (unpaired) electrons. The zero-order valence-corrected chi connectivity index (χ0v) is 9.06. The van der Waals surface area contributed by atoms with Gasteiger partial charge in [0.25, 0.3) is 0 Å². The average molecular weight is 245 g/mol. The summed E-state index contributed by atoms with van der Waals surface area (Å²) >= 11 is 0. The summed E-state index contributed by atoms with van der Waals surface area (Å²) in [7, 11) is 0. The highest BCUT2D eigenvalue weighted by Gasteiger charge is 2.74. The summed E-state index contributed by atoms with van der Waals surface area (Å²) in [6, 6.07) is 0. The van der Waals surface area contributed by atoms with Crippen molar-refractivity contribution in [3.63, 3.8) is 0 Å². The fraction of sp³-hybridized carbons (Fsp3) is 1.00. The van der Waals surface area contributed by atoms with Gasteiger partial charge in [0.15, 0.2) is 5.79 Å². The molecule has 0 amide bonds. The molecule has 3 aliphatic carbocycles. The van der Waals surface area contributed by atoms with Crippen LogP contribution in [0.4, 0.5) is 0 Å². The smallest absolute Gasteiger partial charge is 0.365 e. The third-order valence-corrected chi connectivity index (χ3v) is 4.91. The van der Waals surface area contributed by atoms with E-state index in [1.807, 2.05) is 0 Å². The summed E-state index contributed by atoms with van der Waals surface area (Å²) in [4.78, 5) is 9.53. The van der Waals surface area contributed by atoms with Gasteiger partial charge in [0.1, 0.15) is 0 Å². The molecular weight excluding hydrogens is 230 g/mol. The van der Waals surface area contributed by atoms with Gasteiger partial charge >= 0.3 is 5.91 Å². The molecule has 4 N–H and O–H groups in total. The predicted molar refractivity (Wildman–Crippen MR) is 52.6 cm³/mol. The molecule has 3 rings (SSSR count). The lowest BCUT2D eigenvalue weighted by Crippen LogP contribution is -2.66. The summed E-state index contributed by atoms with van der Waals surface area (Å²) in [6.45, 7) is 0. The molecule has 0 aromatic rings. The number of hydrogen-bond acceptors (Lipinski definition) is 6. The SMILES string of the molecule is O=[N+]([O-])C(O)(O)C1C2CC3CC2C1C(O)(O)C3. The fourth-order valence-electron chi connectivity index (χ4n) is 4.44. The van der Waals surface area contributed by atoms with Crippen LogP contribution in [0.2, 0.25) is 0 Å². The van der Waals surface area contributed by atoms with Crippen LogP contribution in [-0.4, -0.2) is 37.0 Å². The Hall–Kier alpha value is -0.760. The van der Waals surface area contributed by atoms with Crippen LogP contribution in [0.25, 0.3) is 0 Å². The van der Waals surface area contributed by atoms with Crippen molar-refractivity contribution in [2.45, 2.75) is 31.0 Å². The van der Waals surface area contributed by atoms with Crippen molar-refractivity contribution in [1.82, 2.24) is 0 Å². The van der Waals surface area contributed by atoms with Crippen molar-refractivity contribution in [2.24, 2.45) is 29.6 Å². The molecule has 17 heavy (non-hydrogen) atoms. The molecule has 5 atom stereocenters. The van der Waals surface area contributed by atoms with Gasteiger partial charge in [0.05, 0.1) is 10.8 Å². The maximum Gasteiger partial charge on any atom is 0.440 e. The molecule has 3 fully saturated rings. The van der Waals surface area contributed by atoms with Crippen LogP contribution in [0, 0.1) is 39.7 Å². The Kier molecular flexibility index (Phi) is 1.98. The van der Waals surface area contributed by atoms with E-state index in [1.165, 1.54) is 0 Å². The van der Waals surface area contributed by atoms with Crippen LogP contribution in [0.5, 0.6) is 0 Å². The first-order chi connectivity index (χ1) is 7.75. The largest absolute Gasteiger partial charge is 0.440 e. The standard InChI is InChI=1S/C10H15NO6/c12-9(13)3-4-1-5-6(2-4)8(7(5)9)10(14,15)11(16)17/h4-8,12-15H,1-3H2. The molecule has 7 heteroatoms. The molecule has 0 aromatic heterocycles. The van der Waals surface area contributed by atoms with E-state index in [0.29, 0.717) is 6.42 Å². The Bertz CT molecular complexity index is 381. The molecule has 0 aromatic carbocycles. The first-order valence-corrected chi connectivity index (χ1v) is 5.79. The van der Waals surface area contributed by atoms with Crippen molar-refractivity contribution in [2.75, 3.05) is 0 Å². The topological polar surface area (TPSA) is 124 Å². The molecule has 7 nitrogen and oxygen atoms in total. The highest BCUT2D eigenvalue weighted by molar-refractivity contribution is 5.13. The van der Waals surface area contributed by atoms with E-state index in [-0.39, 0.29) is 24.2 Å². The Balaban J connectivity index is 1.96. The molecular formula is C10H15NO6. The molecule has 0 saturated heterocycles. The molecule has 0 aliphatic heterocycles. The van der Waals surface area contributed by atoms with Crippen LogP contribution >= 0.6 is 0 Å². The van der Waals surface area contributed by atoms with Gasteiger partial charge < -0.3 is 20.4 Å². The molecule has 96 valence electrons. The molecule has 5 unspecified atom stereocenters. The average Bonchev–Trinajstić information content (AvgIpc) is 2.36. The fourth-order valence-corrected chi connectivity index (χ4v) is 4.44. The quantitative estimate of drug-likeness (QED) is 0.277. The van der Waals surface area contributed by atoms with Crippen LogP contribution in [-0.2, 0) is 0 Å². The molecule has 3 aliphatic rings. The van der Waals surface area contributed by atoms with Crippen molar-refractivity contribution in [3.8, 4) is 0 Å². The third kappa shape index (κ3) is 1.25. The second-order valence-corrected chi connectivity index (χ2v) is 5.74. The van der Waals surface area contributed by atoms with E-state index in [0.717, 1.165) is 6.42 Å². The Morgan fingerprint density at radius 2 is 1.82 bits per heavy atom. The van der Waals surface area contributed by atoms with Crippen molar-refractivity contribution < 1.29 is 25.3 Å². The summed E-state index contributed by atoms with van der Waals surface area (Å²) < 4.78 is 0. The van der Waals surface area contributed by atoms with E-state index >= 15 is 0 Å². The minimum Gasteiger partial charge on any atom is -0.365 e. The van der Waals surface area contributed by atoms with Gasteiger partial charge in [-0.1, -0.05) is 0 Å². The Morgan fingerprint density at radius 3 is 2.41 bits per heavy atom. The lowest BCUT2D eigenvalue weighted by Gasteiger charge is -2.54. The number of nitro groups is 1. The number of nitrogens with zero attached hydrogens (tertiary/aromatic N) is 1. The summed E-state index contributed by atoms with van der Waals surface area (Å²) in [5.41, 5.74) is 0. The maximum atomic E-state index is 10.7. The Labute approximate surface area is 96.8 Å². The van der Waals surface area contributed by atoms with Gasteiger partial charge in [-0.2, -0.15) is 0 Å². The van der Waals surface area contributed by atoms with Gasteiger partial charge in [-0.05, 0) is 30.6 Å². The minimum atomic E-state index is -3.05. The monoisotopic (exact) mass is 245 g/mol. The number of rotatable bonds is 2. The number of hydrogen-bond donors (Lipinski definition) is 4. The number of fused-ring (bicyclic) bond motifs is 1. The molecule has 3 saturated carbocycles. The second kappa shape index (κ2) is 2.97. The predicted octanol–water partition coefficient (Wildman–Crippen LogP) is -1.13. The van der Waals surface area contributed by atoms with E-state index < -0.39 is 28.5 Å². The lowest BCUT2D eigenvalue weighted by molar-refractivity contribution is -0.707. The van der Waals surface area contributed by atoms with Gasteiger partial charge in [0, 0.05) is 12.3 Å². The maximum absolute atomic E-state index is 10.7. The van der Waals surface area contributed by atoms with Gasteiger partial charge in [-0.25, -0.2) is 0 Å². The molecule has 2 bridgehead atoms. The highest BCUT2D eigenvalue weighted by atomic mass is 16.7. The number of aliphatic hydroxyl groups is 4. The minimum absolute atomic E-state index is 0.0209. The second-order valence-electron chi connectivity index (χ2n) is 5.74.